The van der Waals surface area contributed by atoms with Crippen LogP contribution in [-0.4, -0.2) is 108 Å². The lowest BCUT2D eigenvalue weighted by atomic mass is 10.0. The zero-order chi connectivity index (χ0) is 28.2. The number of nitrogens with one attached hydrogen (secondary N) is 2. The lowest BCUT2D eigenvalue weighted by Crippen LogP contribution is -2.53. The zero-order valence-corrected chi connectivity index (χ0v) is 23.7. The summed E-state index contributed by atoms with van der Waals surface area (Å²) in [7, 11) is 2.22. The number of imidazole rings is 1. The first-order valence-electron chi connectivity index (χ1n) is 14.6. The minimum atomic E-state index is -0.286. The van der Waals surface area contributed by atoms with E-state index in [9.17, 15) is 4.39 Å². The third-order valence-electron chi connectivity index (χ3n) is 8.52. The number of pyridine rings is 1. The van der Waals surface area contributed by atoms with E-state index in [1.165, 1.54) is 38.1 Å². The normalized spacial score (nSPS) is 21.6. The number of aromatic nitrogens is 3. The molecule has 5 heterocycles. The van der Waals surface area contributed by atoms with Gasteiger partial charge in [0.05, 0.1) is 36.8 Å². The molecular weight excluding hydrogens is 519 g/mol. The first-order chi connectivity index (χ1) is 20.0. The Hall–Kier alpha value is -3.60. The third-order valence-corrected chi connectivity index (χ3v) is 8.52. The number of piperazine rings is 1. The number of hydrogen-bond acceptors (Lipinski definition) is 7. The standard InChI is InChI=1S/C31H39FN8O/c1-37-12-10-25(11-13-37)38-14-16-39(17-15-38)31-7-3-6-26(36-31)27-21-34-30(35-27)9-8-29(33)40-18-19-41-22-28(40)23-4-2-5-24(32)20-23/h2-9,20-21,25,28,33H,10-19,22H2,1H3,(H,34,35). The van der Waals surface area contributed by atoms with Crippen LogP contribution in [0.4, 0.5) is 10.2 Å². The molecule has 1 unspecified atom stereocenters. The molecule has 0 radical (unpaired) electrons. The predicted molar refractivity (Wildman–Crippen MR) is 160 cm³/mol. The summed E-state index contributed by atoms with van der Waals surface area (Å²) in [5.41, 5.74) is 2.49. The lowest BCUT2D eigenvalue weighted by Gasteiger charge is -2.42. The molecule has 3 saturated heterocycles. The smallest absolute Gasteiger partial charge is 0.130 e. The van der Waals surface area contributed by atoms with Crippen molar-refractivity contribution in [2.45, 2.75) is 24.9 Å². The molecule has 0 aliphatic carbocycles. The fraction of sp³-hybridized carbons (Fsp3) is 0.452. The minimum Gasteiger partial charge on any atom is -0.377 e. The molecule has 41 heavy (non-hydrogen) atoms. The Labute approximate surface area is 241 Å². The largest absolute Gasteiger partial charge is 0.377 e. The Morgan fingerprint density at radius 1 is 1.05 bits per heavy atom. The Morgan fingerprint density at radius 3 is 2.66 bits per heavy atom. The van der Waals surface area contributed by atoms with Crippen LogP contribution in [0.1, 0.15) is 30.3 Å². The van der Waals surface area contributed by atoms with Gasteiger partial charge < -0.3 is 24.4 Å². The zero-order valence-electron chi connectivity index (χ0n) is 23.7. The molecule has 2 aromatic heterocycles. The number of benzene rings is 1. The first kappa shape index (κ1) is 27.6. The molecule has 0 amide bonds. The molecule has 216 valence electrons. The minimum absolute atomic E-state index is 0.207. The second-order valence-corrected chi connectivity index (χ2v) is 11.2. The van der Waals surface area contributed by atoms with Gasteiger partial charge >= 0.3 is 0 Å². The second kappa shape index (κ2) is 12.5. The van der Waals surface area contributed by atoms with Crippen molar-refractivity contribution in [3.8, 4) is 11.4 Å². The summed E-state index contributed by atoms with van der Waals surface area (Å²) in [5.74, 6) is 1.69. The van der Waals surface area contributed by atoms with Crippen LogP contribution in [0.2, 0.25) is 0 Å². The van der Waals surface area contributed by atoms with E-state index < -0.39 is 0 Å². The number of hydrogen-bond donors (Lipinski definition) is 2. The molecular formula is C31H39FN8O. The van der Waals surface area contributed by atoms with Crippen molar-refractivity contribution in [1.29, 1.82) is 5.41 Å². The van der Waals surface area contributed by atoms with Crippen molar-refractivity contribution >= 4 is 17.7 Å². The second-order valence-electron chi connectivity index (χ2n) is 11.2. The van der Waals surface area contributed by atoms with Crippen molar-refractivity contribution in [3.63, 3.8) is 0 Å². The summed E-state index contributed by atoms with van der Waals surface area (Å²) < 4.78 is 19.5. The van der Waals surface area contributed by atoms with Gasteiger partial charge in [0.15, 0.2) is 0 Å². The molecule has 3 aliphatic rings. The summed E-state index contributed by atoms with van der Waals surface area (Å²) >= 11 is 0. The molecule has 6 rings (SSSR count). The van der Waals surface area contributed by atoms with Crippen molar-refractivity contribution in [2.24, 2.45) is 0 Å². The van der Waals surface area contributed by atoms with E-state index in [2.05, 4.69) is 43.8 Å². The summed E-state index contributed by atoms with van der Waals surface area (Å²) in [5, 5.41) is 8.69. The van der Waals surface area contributed by atoms with E-state index in [-0.39, 0.29) is 11.9 Å². The van der Waals surface area contributed by atoms with Crippen molar-refractivity contribution in [3.05, 3.63) is 71.9 Å². The maximum absolute atomic E-state index is 13.8. The fourth-order valence-electron chi connectivity index (χ4n) is 6.11. The third kappa shape index (κ3) is 6.50. The molecule has 0 bridgehead atoms. The quantitative estimate of drug-likeness (QED) is 0.351. The molecule has 2 N–H and O–H groups in total. The molecule has 3 aliphatic heterocycles. The molecule has 9 nitrogen and oxygen atoms in total. The van der Waals surface area contributed by atoms with Gasteiger partial charge in [0.1, 0.15) is 23.3 Å². The first-order valence-corrected chi connectivity index (χ1v) is 14.6. The van der Waals surface area contributed by atoms with E-state index in [1.54, 1.807) is 24.4 Å². The maximum Gasteiger partial charge on any atom is 0.130 e. The maximum atomic E-state index is 13.8. The number of piperidine rings is 1. The van der Waals surface area contributed by atoms with E-state index in [0.29, 0.717) is 37.5 Å². The van der Waals surface area contributed by atoms with Crippen LogP contribution in [0.25, 0.3) is 17.5 Å². The number of aromatic amines is 1. The molecule has 3 fully saturated rings. The van der Waals surface area contributed by atoms with Crippen LogP contribution < -0.4 is 4.90 Å². The molecule has 1 aromatic carbocycles. The average molecular weight is 559 g/mol. The Morgan fingerprint density at radius 2 is 1.85 bits per heavy atom. The number of likely N-dealkylation sites (tertiary alicyclic amines) is 1. The monoisotopic (exact) mass is 558 g/mol. The van der Waals surface area contributed by atoms with Gasteiger partial charge in [-0.2, -0.15) is 0 Å². The van der Waals surface area contributed by atoms with Crippen molar-refractivity contribution in [2.75, 3.05) is 71.0 Å². The van der Waals surface area contributed by atoms with Gasteiger partial charge in [0.2, 0.25) is 0 Å². The summed E-state index contributed by atoms with van der Waals surface area (Å²) in [4.78, 5) is 22.2. The highest BCUT2D eigenvalue weighted by atomic mass is 19.1. The van der Waals surface area contributed by atoms with Crippen LogP contribution in [-0.2, 0) is 4.74 Å². The highest BCUT2D eigenvalue weighted by Crippen LogP contribution is 2.26. The van der Waals surface area contributed by atoms with E-state index in [4.69, 9.17) is 15.1 Å². The van der Waals surface area contributed by atoms with Crippen LogP contribution >= 0.6 is 0 Å². The van der Waals surface area contributed by atoms with Gasteiger partial charge in [-0.25, -0.2) is 14.4 Å². The number of anilines is 1. The van der Waals surface area contributed by atoms with Gasteiger partial charge in [0, 0.05) is 38.8 Å². The van der Waals surface area contributed by atoms with Crippen LogP contribution in [0.15, 0.2) is 54.7 Å². The Kier molecular flexibility index (Phi) is 8.41. The van der Waals surface area contributed by atoms with Crippen molar-refractivity contribution in [1.82, 2.24) is 29.7 Å². The van der Waals surface area contributed by atoms with Crippen molar-refractivity contribution < 1.29 is 9.13 Å². The van der Waals surface area contributed by atoms with Crippen LogP contribution in [0.5, 0.6) is 0 Å². The highest BCUT2D eigenvalue weighted by Gasteiger charge is 2.28. The molecule has 0 spiro atoms. The molecule has 1 atom stereocenters. The number of nitrogens with zero attached hydrogens (tertiary/aromatic N) is 6. The highest BCUT2D eigenvalue weighted by molar-refractivity contribution is 5.94. The summed E-state index contributed by atoms with van der Waals surface area (Å²) in [6, 6.07) is 13.2. The van der Waals surface area contributed by atoms with Gasteiger partial charge in [-0.05, 0) is 75.0 Å². The van der Waals surface area contributed by atoms with E-state index in [0.717, 1.165) is 48.9 Å². The Balaban J connectivity index is 1.08. The molecule has 3 aromatic rings. The number of rotatable bonds is 6. The number of morpholine rings is 1. The topological polar surface area (TPSA) is 87.6 Å². The number of H-pyrrole nitrogens is 1. The Bertz CT molecular complexity index is 1360. The van der Waals surface area contributed by atoms with Gasteiger partial charge in [0.25, 0.3) is 0 Å². The van der Waals surface area contributed by atoms with Crippen LogP contribution in [0.3, 0.4) is 0 Å². The van der Waals surface area contributed by atoms with E-state index in [1.807, 2.05) is 17.0 Å². The molecule has 0 saturated carbocycles. The summed E-state index contributed by atoms with van der Waals surface area (Å²) in [6.07, 6.45) is 7.85. The number of halogens is 1. The fourth-order valence-corrected chi connectivity index (χ4v) is 6.11. The van der Waals surface area contributed by atoms with Gasteiger partial charge in [-0.15, -0.1) is 0 Å². The van der Waals surface area contributed by atoms with Crippen LogP contribution in [0, 0.1) is 11.2 Å². The van der Waals surface area contributed by atoms with Gasteiger partial charge in [-0.3, -0.25) is 10.3 Å². The predicted octanol–water partition coefficient (Wildman–Crippen LogP) is 3.89. The average Bonchev–Trinajstić information content (AvgIpc) is 3.50. The van der Waals surface area contributed by atoms with Gasteiger partial charge in [-0.1, -0.05) is 18.2 Å². The van der Waals surface area contributed by atoms with E-state index >= 15 is 0 Å². The number of ether oxygens (including phenoxy) is 1. The number of amidine groups is 1. The lowest BCUT2D eigenvalue weighted by molar-refractivity contribution is 0.0258. The SMILES string of the molecule is CN1CCC(N2CCN(c3cccc(-c4cnc(C=CC(=N)N5CCOCC5c5cccc(F)c5)[nH]4)n3)CC2)CC1. The molecule has 10 heteroatoms. The summed E-state index contributed by atoms with van der Waals surface area (Å²) in [6.45, 7) is 8.03.